The predicted molar refractivity (Wildman–Crippen MR) is 237 cm³/mol. The number of thioether (sulfide) groups is 1. The van der Waals surface area contributed by atoms with E-state index < -0.39 is 58.6 Å². The lowest BCUT2D eigenvalue weighted by molar-refractivity contribution is -0.167. The number of amides is 1. The van der Waals surface area contributed by atoms with Crippen molar-refractivity contribution in [3.63, 3.8) is 0 Å². The van der Waals surface area contributed by atoms with E-state index in [0.717, 1.165) is 11.1 Å². The zero-order valence-electron chi connectivity index (χ0n) is 37.0. The van der Waals surface area contributed by atoms with Crippen molar-refractivity contribution < 1.29 is 57.4 Å². The van der Waals surface area contributed by atoms with E-state index in [-0.39, 0.29) is 61.2 Å². The number of phenols is 2. The summed E-state index contributed by atoms with van der Waals surface area (Å²) >= 11 is 1.31. The maximum absolute atomic E-state index is 15.6. The number of esters is 2. The predicted octanol–water partition coefficient (Wildman–Crippen LogP) is 6.08. The number of nitrogens with zero attached hydrogens (tertiary/aromatic N) is 4. The second-order valence-corrected chi connectivity index (χ2v) is 18.6. The summed E-state index contributed by atoms with van der Waals surface area (Å²) in [5.41, 5.74) is 3.34. The van der Waals surface area contributed by atoms with Gasteiger partial charge in [-0.15, -0.1) is 11.8 Å². The number of hydrogen-bond acceptors (Lipinski definition) is 15. The van der Waals surface area contributed by atoms with Gasteiger partial charge >= 0.3 is 11.9 Å². The Hall–Kier alpha value is -6.48. The van der Waals surface area contributed by atoms with Crippen LogP contribution >= 0.6 is 11.8 Å². The Morgan fingerprint density at radius 1 is 1.02 bits per heavy atom. The minimum absolute atomic E-state index is 0.0292. The molecule has 4 aromatic carbocycles. The largest absolute Gasteiger partial charge is 0.504 e. The Morgan fingerprint density at radius 2 is 1.80 bits per heavy atom. The molecule has 7 heterocycles. The molecule has 17 heteroatoms. The number of piperazine rings is 1. The van der Waals surface area contributed by atoms with Crippen LogP contribution in [0.2, 0.25) is 0 Å². The normalized spacial score (nSPS) is 26.2. The third-order valence-corrected chi connectivity index (χ3v) is 15.6. The molecule has 0 saturated carbocycles. The van der Waals surface area contributed by atoms with Crippen molar-refractivity contribution in [1.29, 1.82) is 5.26 Å². The SMILES string of the molecule is COc1cc2c(cc1O)CCN(C(=O)/C=C/c1cccc(F)c1)[C@]21CS[C@@H]2c3c(OC(C)=O)c(C)c4c(c3[C@H](COC1=O)N1[C@@H]2[C@@H]2c3c(cc(C)c(OC)c3O)C[C@@H]([C@@H]1C#N)N2C)OCO4. The number of likely N-dealkylation sites (N-methyl/N-ethyl adjacent to an activating group) is 1. The molecule has 1 spiro atoms. The summed E-state index contributed by atoms with van der Waals surface area (Å²) in [7, 11) is 4.83. The molecule has 4 aromatic rings. The van der Waals surface area contributed by atoms with E-state index in [1.54, 1.807) is 19.1 Å². The monoisotopic (exact) mass is 918 g/mol. The fourth-order valence-electron chi connectivity index (χ4n) is 11.5. The molecule has 2 N–H and O–H groups in total. The van der Waals surface area contributed by atoms with Gasteiger partial charge in [-0.2, -0.15) is 5.26 Å². The molecule has 342 valence electrons. The number of benzene rings is 4. The molecule has 15 nitrogen and oxygen atoms in total. The van der Waals surface area contributed by atoms with Gasteiger partial charge in [0.15, 0.2) is 40.0 Å². The topological polar surface area (TPSA) is 181 Å². The van der Waals surface area contributed by atoms with Crippen molar-refractivity contribution in [1.82, 2.24) is 14.7 Å². The third-order valence-electron chi connectivity index (χ3n) is 14.2. The van der Waals surface area contributed by atoms with Crippen molar-refractivity contribution in [3.8, 4) is 46.3 Å². The maximum atomic E-state index is 15.6. The second-order valence-electron chi connectivity index (χ2n) is 17.5. The van der Waals surface area contributed by atoms with Crippen LogP contribution in [-0.2, 0) is 37.5 Å². The number of halogens is 1. The van der Waals surface area contributed by atoms with Crippen LogP contribution in [0.15, 0.2) is 48.5 Å². The molecule has 0 aromatic heterocycles. The van der Waals surface area contributed by atoms with Gasteiger partial charge < -0.3 is 43.5 Å². The summed E-state index contributed by atoms with van der Waals surface area (Å²) in [6.07, 6.45) is 3.45. The molecule has 0 aliphatic carbocycles. The number of phenolic OH excluding ortho intramolecular Hbond substituents is 2. The molecule has 0 radical (unpaired) electrons. The van der Waals surface area contributed by atoms with E-state index in [2.05, 4.69) is 15.9 Å². The number of aryl methyl sites for hydroxylation is 1. The van der Waals surface area contributed by atoms with Gasteiger partial charge in [-0.3, -0.25) is 19.4 Å². The number of carbonyl (C=O) groups is 3. The van der Waals surface area contributed by atoms with Crippen LogP contribution in [0.3, 0.4) is 0 Å². The Labute approximate surface area is 384 Å². The van der Waals surface area contributed by atoms with E-state index in [0.29, 0.717) is 62.6 Å². The highest BCUT2D eigenvalue weighted by Crippen LogP contribution is 2.65. The molecule has 7 aliphatic rings. The summed E-state index contributed by atoms with van der Waals surface area (Å²) in [5, 5.41) is 33.8. The van der Waals surface area contributed by atoms with Gasteiger partial charge in [0.05, 0.1) is 37.6 Å². The van der Waals surface area contributed by atoms with Gasteiger partial charge in [0.1, 0.15) is 24.2 Å². The molecule has 4 bridgehead atoms. The van der Waals surface area contributed by atoms with Gasteiger partial charge in [-0.05, 0) is 91.9 Å². The van der Waals surface area contributed by atoms with Crippen LogP contribution in [0, 0.1) is 31.0 Å². The molecule has 7 atom stereocenters. The number of methoxy groups -OCH3 is 2. The van der Waals surface area contributed by atoms with Crippen molar-refractivity contribution in [2.75, 3.05) is 47.0 Å². The van der Waals surface area contributed by atoms with Crippen LogP contribution in [0.4, 0.5) is 4.39 Å². The minimum atomic E-state index is -1.87. The van der Waals surface area contributed by atoms with E-state index in [4.69, 9.17) is 28.4 Å². The molecule has 2 fully saturated rings. The first-order chi connectivity index (χ1) is 31.7. The number of fused-ring (bicyclic) bond motifs is 9. The van der Waals surface area contributed by atoms with Crippen LogP contribution in [0.5, 0.6) is 40.2 Å². The lowest BCUT2D eigenvalue weighted by Crippen LogP contribution is -2.69. The Kier molecular flexibility index (Phi) is 10.6. The van der Waals surface area contributed by atoms with Gasteiger partial charge in [0.2, 0.25) is 12.7 Å². The molecule has 11 rings (SSSR count). The highest BCUT2D eigenvalue weighted by molar-refractivity contribution is 7.99. The van der Waals surface area contributed by atoms with E-state index in [1.165, 1.54) is 74.2 Å². The fraction of sp³-hybridized carbons (Fsp3) is 0.388. The number of ether oxygens (including phenoxy) is 6. The summed E-state index contributed by atoms with van der Waals surface area (Å²) in [5.74, 6) is -1.39. The lowest BCUT2D eigenvalue weighted by Gasteiger charge is -2.62. The Balaban J connectivity index is 1.24. The number of hydrogen-bond donors (Lipinski definition) is 2. The minimum Gasteiger partial charge on any atom is -0.504 e. The van der Waals surface area contributed by atoms with Crippen molar-refractivity contribution in [2.24, 2.45) is 0 Å². The lowest BCUT2D eigenvalue weighted by atomic mass is 9.71. The van der Waals surface area contributed by atoms with Crippen LogP contribution in [0.25, 0.3) is 6.08 Å². The molecular formula is C49H47FN4O11S. The average molecular weight is 919 g/mol. The first kappa shape index (κ1) is 43.4. The van der Waals surface area contributed by atoms with Crippen molar-refractivity contribution in [3.05, 3.63) is 104 Å². The van der Waals surface area contributed by atoms with Crippen molar-refractivity contribution >= 4 is 35.7 Å². The highest BCUT2D eigenvalue weighted by atomic mass is 32.2. The fourth-order valence-corrected chi connectivity index (χ4v) is 13.2. The quantitative estimate of drug-likeness (QED) is 0.134. The molecule has 1 amide bonds. The van der Waals surface area contributed by atoms with E-state index in [1.807, 2.05) is 20.0 Å². The van der Waals surface area contributed by atoms with Gasteiger partial charge in [-0.1, -0.05) is 18.2 Å². The first-order valence-corrected chi connectivity index (χ1v) is 22.7. The van der Waals surface area contributed by atoms with E-state index in [9.17, 15) is 29.5 Å². The summed E-state index contributed by atoms with van der Waals surface area (Å²) in [6.45, 7) is 4.48. The number of aromatic hydroxyl groups is 2. The number of rotatable bonds is 5. The average Bonchev–Trinajstić information content (AvgIpc) is 3.78. The van der Waals surface area contributed by atoms with Gasteiger partial charge in [0, 0.05) is 59.6 Å². The molecular weight excluding hydrogens is 872 g/mol. The molecule has 66 heavy (non-hydrogen) atoms. The number of nitriles is 1. The maximum Gasteiger partial charge on any atom is 0.337 e. The van der Waals surface area contributed by atoms with Gasteiger partial charge in [-0.25, -0.2) is 9.18 Å². The summed E-state index contributed by atoms with van der Waals surface area (Å²) in [6, 6.07) is 10.1. The zero-order chi connectivity index (χ0) is 46.5. The molecule has 2 saturated heterocycles. The first-order valence-electron chi connectivity index (χ1n) is 21.6. The summed E-state index contributed by atoms with van der Waals surface area (Å²) in [4.78, 5) is 49.2. The standard InChI is InChI=1S/C49H47FN4O11S/c1-23-14-28-16-31-32(19-51)54-33-20-62-48(59)49(30-18-35(60-5)34(56)17-27(30)12-13-53(49)36(57)11-10-26-8-7-9-29(50)15-26)21-66-47(41(54)40(52(31)4)37(28)42(58)43(23)61-6)39-38(33)46-45(63-22-64-46)24(2)44(39)65-25(3)55/h7-11,14-15,17-18,31-33,40-41,47,56,58H,12-13,16,20-22H2,1-6H3/b11-10+/t31-,32-,33-,40-,41+,47+,49+/m0/s1. The third kappa shape index (κ3) is 6.32. The highest BCUT2D eigenvalue weighted by Gasteiger charge is 2.63. The number of carbonyl (C=O) groups excluding carboxylic acids is 3. The second kappa shape index (κ2) is 16.1. The van der Waals surface area contributed by atoms with Gasteiger partial charge in [0.25, 0.3) is 0 Å². The van der Waals surface area contributed by atoms with Crippen molar-refractivity contribution in [2.45, 2.75) is 74.6 Å². The Morgan fingerprint density at radius 3 is 2.53 bits per heavy atom. The zero-order valence-corrected chi connectivity index (χ0v) is 37.9. The van der Waals surface area contributed by atoms with Crippen LogP contribution < -0.4 is 23.7 Å². The summed E-state index contributed by atoms with van der Waals surface area (Å²) < 4.78 is 50.8. The smallest absolute Gasteiger partial charge is 0.337 e. The molecule has 7 aliphatic heterocycles. The van der Waals surface area contributed by atoms with Crippen LogP contribution in [0.1, 0.15) is 74.3 Å². The van der Waals surface area contributed by atoms with E-state index >= 15 is 4.79 Å². The van der Waals surface area contributed by atoms with Crippen LogP contribution in [-0.4, -0.2) is 108 Å². The molecule has 0 unspecified atom stereocenters. The Bertz CT molecular complexity index is 2830.